The molecular weight excluding hydrogens is 274 g/mol. The van der Waals surface area contributed by atoms with E-state index in [0.717, 1.165) is 34.4 Å². The summed E-state index contributed by atoms with van der Waals surface area (Å²) in [6.07, 6.45) is 0.799. The van der Waals surface area contributed by atoms with Crippen molar-refractivity contribution in [3.05, 3.63) is 64.2 Å². The standard InChI is InChI=1S/C19H19NO2/c1-12-4-6-17(13(2)10-12)19(22)20-9-8-16-11-15(14(3)21)5-7-18(16)20/h4-7,10-11H,8-9H2,1-3H3. The summed E-state index contributed by atoms with van der Waals surface area (Å²) in [6, 6.07) is 11.5. The molecule has 2 aromatic carbocycles. The number of hydrogen-bond donors (Lipinski definition) is 0. The summed E-state index contributed by atoms with van der Waals surface area (Å²) in [6.45, 7) is 6.23. The summed E-state index contributed by atoms with van der Waals surface area (Å²) in [5, 5.41) is 0. The van der Waals surface area contributed by atoms with Crippen LogP contribution in [0.25, 0.3) is 0 Å². The first-order chi connectivity index (χ1) is 10.5. The molecule has 3 heteroatoms. The normalized spacial score (nSPS) is 13.1. The Morgan fingerprint density at radius 2 is 1.82 bits per heavy atom. The SMILES string of the molecule is CC(=O)c1ccc2c(c1)CCN2C(=O)c1ccc(C)cc1C. The summed E-state index contributed by atoms with van der Waals surface area (Å²) < 4.78 is 0. The Balaban J connectivity index is 1.96. The monoisotopic (exact) mass is 293 g/mol. The van der Waals surface area contributed by atoms with Gasteiger partial charge in [-0.15, -0.1) is 0 Å². The van der Waals surface area contributed by atoms with Crippen LogP contribution < -0.4 is 4.90 Å². The second-order valence-corrected chi connectivity index (χ2v) is 5.92. The molecule has 2 aromatic rings. The third-order valence-electron chi connectivity index (χ3n) is 4.24. The van der Waals surface area contributed by atoms with Gasteiger partial charge in [-0.05, 0) is 62.6 Å². The van der Waals surface area contributed by atoms with Gasteiger partial charge in [-0.3, -0.25) is 9.59 Å². The second kappa shape index (κ2) is 5.41. The van der Waals surface area contributed by atoms with Crippen molar-refractivity contribution in [2.75, 3.05) is 11.4 Å². The lowest BCUT2D eigenvalue weighted by molar-refractivity contribution is 0.0987. The van der Waals surface area contributed by atoms with Gasteiger partial charge in [0.05, 0.1) is 0 Å². The van der Waals surface area contributed by atoms with Crippen molar-refractivity contribution in [3.63, 3.8) is 0 Å². The van der Waals surface area contributed by atoms with Crippen molar-refractivity contribution in [3.8, 4) is 0 Å². The Morgan fingerprint density at radius 3 is 2.50 bits per heavy atom. The van der Waals surface area contributed by atoms with Gasteiger partial charge in [0.2, 0.25) is 0 Å². The Bertz CT molecular complexity index is 777. The summed E-state index contributed by atoms with van der Waals surface area (Å²) in [4.78, 5) is 26.1. The molecule has 1 heterocycles. The highest BCUT2D eigenvalue weighted by atomic mass is 16.2. The number of rotatable bonds is 2. The molecule has 0 bridgehead atoms. The van der Waals surface area contributed by atoms with Crippen LogP contribution in [0, 0.1) is 13.8 Å². The highest BCUT2D eigenvalue weighted by Gasteiger charge is 2.26. The van der Waals surface area contributed by atoms with E-state index in [1.807, 2.05) is 49.1 Å². The molecule has 0 fully saturated rings. The van der Waals surface area contributed by atoms with Crippen molar-refractivity contribution < 1.29 is 9.59 Å². The molecule has 0 N–H and O–H groups in total. The lowest BCUT2D eigenvalue weighted by Crippen LogP contribution is -2.29. The fraction of sp³-hybridized carbons (Fsp3) is 0.263. The van der Waals surface area contributed by atoms with Gasteiger partial charge in [0.15, 0.2) is 5.78 Å². The third kappa shape index (κ3) is 2.43. The number of ketones is 1. The number of carbonyl (C=O) groups excluding carboxylic acids is 2. The molecule has 0 spiro atoms. The van der Waals surface area contributed by atoms with E-state index in [1.54, 1.807) is 13.0 Å². The molecule has 0 radical (unpaired) electrons. The predicted molar refractivity (Wildman–Crippen MR) is 87.7 cm³/mol. The number of benzene rings is 2. The average Bonchev–Trinajstić information content (AvgIpc) is 2.89. The van der Waals surface area contributed by atoms with Gasteiger partial charge >= 0.3 is 0 Å². The largest absolute Gasteiger partial charge is 0.308 e. The number of aryl methyl sites for hydroxylation is 2. The van der Waals surface area contributed by atoms with Crippen LogP contribution in [0.15, 0.2) is 36.4 Å². The number of amides is 1. The van der Waals surface area contributed by atoms with Gasteiger partial charge in [-0.25, -0.2) is 0 Å². The van der Waals surface area contributed by atoms with Gasteiger partial charge in [0.1, 0.15) is 0 Å². The van der Waals surface area contributed by atoms with Crippen LogP contribution in [0.3, 0.4) is 0 Å². The molecule has 0 saturated carbocycles. The van der Waals surface area contributed by atoms with Gasteiger partial charge in [0, 0.05) is 23.4 Å². The zero-order valence-corrected chi connectivity index (χ0v) is 13.1. The van der Waals surface area contributed by atoms with Gasteiger partial charge in [-0.2, -0.15) is 0 Å². The van der Waals surface area contributed by atoms with Crippen LogP contribution in [-0.2, 0) is 6.42 Å². The first-order valence-corrected chi connectivity index (χ1v) is 7.50. The van der Waals surface area contributed by atoms with E-state index < -0.39 is 0 Å². The Kier molecular flexibility index (Phi) is 3.57. The van der Waals surface area contributed by atoms with Crippen LogP contribution in [0.1, 0.15) is 44.3 Å². The molecule has 3 rings (SSSR count). The second-order valence-electron chi connectivity index (χ2n) is 5.92. The quantitative estimate of drug-likeness (QED) is 0.792. The van der Waals surface area contributed by atoms with E-state index in [0.29, 0.717) is 12.1 Å². The molecule has 0 unspecified atom stereocenters. The Hall–Kier alpha value is -2.42. The first-order valence-electron chi connectivity index (χ1n) is 7.50. The first kappa shape index (κ1) is 14.5. The Morgan fingerprint density at radius 1 is 1.05 bits per heavy atom. The number of Topliss-reactive ketones (excluding diaryl/α,β-unsaturated/α-hetero) is 1. The maximum absolute atomic E-state index is 12.8. The minimum Gasteiger partial charge on any atom is -0.308 e. The van der Waals surface area contributed by atoms with E-state index >= 15 is 0 Å². The van der Waals surface area contributed by atoms with Crippen molar-refractivity contribution in [2.45, 2.75) is 27.2 Å². The van der Waals surface area contributed by atoms with Crippen LogP contribution in [-0.4, -0.2) is 18.2 Å². The molecule has 1 aliphatic rings. The highest BCUT2D eigenvalue weighted by Crippen LogP contribution is 2.31. The summed E-state index contributed by atoms with van der Waals surface area (Å²) in [5.41, 5.74) is 5.61. The topological polar surface area (TPSA) is 37.4 Å². The number of nitrogens with zero attached hydrogens (tertiary/aromatic N) is 1. The summed E-state index contributed by atoms with van der Waals surface area (Å²) >= 11 is 0. The third-order valence-corrected chi connectivity index (χ3v) is 4.24. The van der Waals surface area contributed by atoms with Crippen LogP contribution >= 0.6 is 0 Å². The van der Waals surface area contributed by atoms with Crippen LogP contribution in [0.5, 0.6) is 0 Å². The lowest BCUT2D eigenvalue weighted by Gasteiger charge is -2.19. The smallest absolute Gasteiger partial charge is 0.258 e. The van der Waals surface area contributed by atoms with E-state index in [2.05, 4.69) is 0 Å². The number of hydrogen-bond acceptors (Lipinski definition) is 2. The zero-order chi connectivity index (χ0) is 15.9. The molecule has 0 aliphatic carbocycles. The predicted octanol–water partition coefficient (Wildman–Crippen LogP) is 3.71. The number of fused-ring (bicyclic) bond motifs is 1. The van der Waals surface area contributed by atoms with Gasteiger partial charge < -0.3 is 4.90 Å². The number of carbonyl (C=O) groups is 2. The molecule has 22 heavy (non-hydrogen) atoms. The summed E-state index contributed by atoms with van der Waals surface area (Å²) in [7, 11) is 0. The minimum atomic E-state index is 0.0341. The maximum atomic E-state index is 12.8. The van der Waals surface area contributed by atoms with E-state index in [-0.39, 0.29) is 11.7 Å². The number of anilines is 1. The molecule has 112 valence electrons. The van der Waals surface area contributed by atoms with E-state index in [9.17, 15) is 9.59 Å². The Labute approximate surface area is 130 Å². The molecule has 0 saturated heterocycles. The average molecular weight is 293 g/mol. The van der Waals surface area contributed by atoms with Crippen molar-refractivity contribution in [2.24, 2.45) is 0 Å². The molecule has 1 aliphatic heterocycles. The molecule has 3 nitrogen and oxygen atoms in total. The molecule has 0 atom stereocenters. The van der Waals surface area contributed by atoms with Crippen molar-refractivity contribution in [1.29, 1.82) is 0 Å². The van der Waals surface area contributed by atoms with Crippen molar-refractivity contribution in [1.82, 2.24) is 0 Å². The van der Waals surface area contributed by atoms with Gasteiger partial charge in [0.25, 0.3) is 5.91 Å². The fourth-order valence-electron chi connectivity index (χ4n) is 3.03. The van der Waals surface area contributed by atoms with Crippen LogP contribution in [0.2, 0.25) is 0 Å². The molecule has 1 amide bonds. The molecular formula is C19H19NO2. The zero-order valence-electron chi connectivity index (χ0n) is 13.1. The highest BCUT2D eigenvalue weighted by molar-refractivity contribution is 6.08. The minimum absolute atomic E-state index is 0.0341. The van der Waals surface area contributed by atoms with Gasteiger partial charge in [-0.1, -0.05) is 17.7 Å². The summed E-state index contributed by atoms with van der Waals surface area (Å²) in [5.74, 6) is 0.0915. The maximum Gasteiger partial charge on any atom is 0.258 e. The molecule has 0 aromatic heterocycles. The van der Waals surface area contributed by atoms with Crippen molar-refractivity contribution >= 4 is 17.4 Å². The lowest BCUT2D eigenvalue weighted by atomic mass is 10.0. The van der Waals surface area contributed by atoms with E-state index in [4.69, 9.17) is 0 Å². The van der Waals surface area contributed by atoms with Crippen LogP contribution in [0.4, 0.5) is 5.69 Å². The van der Waals surface area contributed by atoms with E-state index in [1.165, 1.54) is 0 Å². The fourth-order valence-corrected chi connectivity index (χ4v) is 3.03.